The predicted octanol–water partition coefficient (Wildman–Crippen LogP) is 0.0920. The van der Waals surface area contributed by atoms with E-state index in [9.17, 15) is 9.59 Å². The minimum absolute atomic E-state index is 0.420. The Bertz CT molecular complexity index is 623. The van der Waals surface area contributed by atoms with Crippen LogP contribution in [0.2, 0.25) is 0 Å². The number of anilines is 1. The molecule has 1 aromatic rings. The molecule has 0 spiro atoms. The molecule has 0 aromatic heterocycles. The Morgan fingerprint density at radius 1 is 1.08 bits per heavy atom. The highest BCUT2D eigenvalue weighted by Gasteiger charge is 2.26. The molecular weight excluding hydrogens is 332 g/mol. The Hall–Kier alpha value is -2.12. The number of nitrogens with zero attached hydrogens (tertiary/aromatic N) is 3. The van der Waals surface area contributed by atoms with Crippen molar-refractivity contribution >= 4 is 17.5 Å². The van der Waals surface area contributed by atoms with Crippen LogP contribution >= 0.6 is 0 Å². The van der Waals surface area contributed by atoms with Crippen molar-refractivity contribution in [3.05, 3.63) is 29.8 Å². The third-order valence-corrected chi connectivity index (χ3v) is 4.95. The molecule has 1 aromatic carbocycles. The molecule has 3 rings (SSSR count). The molecule has 0 atom stereocenters. The van der Waals surface area contributed by atoms with Crippen LogP contribution in [0, 0.1) is 6.92 Å². The van der Waals surface area contributed by atoms with Crippen LogP contribution in [0.25, 0.3) is 0 Å². The Kier molecular flexibility index (Phi) is 6.46. The molecule has 0 bridgehead atoms. The van der Waals surface area contributed by atoms with Crippen LogP contribution in [0.15, 0.2) is 24.3 Å². The minimum Gasteiger partial charge on any atom is -0.379 e. The first-order chi connectivity index (χ1) is 12.6. The summed E-state index contributed by atoms with van der Waals surface area (Å²) in [4.78, 5) is 30.6. The van der Waals surface area contributed by atoms with Crippen LogP contribution in [-0.2, 0) is 14.3 Å². The molecule has 7 heteroatoms. The van der Waals surface area contributed by atoms with Gasteiger partial charge in [-0.25, -0.2) is 0 Å². The SMILES string of the molecule is Cc1cccc(N2CCN(C(=O)C(=O)NCCN3CCOCC3)CC2)c1. The summed E-state index contributed by atoms with van der Waals surface area (Å²) in [6.45, 7) is 9.19. The van der Waals surface area contributed by atoms with Gasteiger partial charge in [0.25, 0.3) is 0 Å². The number of amides is 2. The van der Waals surface area contributed by atoms with E-state index in [4.69, 9.17) is 4.74 Å². The number of hydrogen-bond donors (Lipinski definition) is 1. The lowest BCUT2D eigenvalue weighted by molar-refractivity contribution is -0.146. The van der Waals surface area contributed by atoms with Gasteiger partial charge < -0.3 is 19.9 Å². The number of ether oxygens (including phenoxy) is 1. The van der Waals surface area contributed by atoms with Crippen molar-refractivity contribution in [2.75, 3.05) is 70.5 Å². The molecule has 26 heavy (non-hydrogen) atoms. The fourth-order valence-corrected chi connectivity index (χ4v) is 3.36. The number of hydrogen-bond acceptors (Lipinski definition) is 5. The molecule has 0 unspecified atom stereocenters. The van der Waals surface area contributed by atoms with Gasteiger partial charge in [-0.2, -0.15) is 0 Å². The Balaban J connectivity index is 1.40. The van der Waals surface area contributed by atoms with Gasteiger partial charge in [0.2, 0.25) is 0 Å². The van der Waals surface area contributed by atoms with Crippen molar-refractivity contribution in [2.24, 2.45) is 0 Å². The molecule has 0 saturated carbocycles. The second kappa shape index (κ2) is 9.00. The molecular formula is C19H28N4O3. The zero-order valence-corrected chi connectivity index (χ0v) is 15.4. The van der Waals surface area contributed by atoms with E-state index in [1.807, 2.05) is 6.07 Å². The Morgan fingerprint density at radius 2 is 1.81 bits per heavy atom. The molecule has 142 valence electrons. The zero-order valence-electron chi connectivity index (χ0n) is 15.4. The maximum Gasteiger partial charge on any atom is 0.312 e. The average molecular weight is 360 g/mol. The first-order valence-electron chi connectivity index (χ1n) is 9.32. The van der Waals surface area contributed by atoms with Gasteiger partial charge in [-0.3, -0.25) is 14.5 Å². The van der Waals surface area contributed by atoms with Crippen molar-refractivity contribution in [3.63, 3.8) is 0 Å². The van der Waals surface area contributed by atoms with Crippen molar-refractivity contribution in [3.8, 4) is 0 Å². The third kappa shape index (κ3) is 4.95. The molecule has 2 fully saturated rings. The summed E-state index contributed by atoms with van der Waals surface area (Å²) in [5.41, 5.74) is 2.40. The van der Waals surface area contributed by atoms with E-state index in [-0.39, 0.29) is 0 Å². The van der Waals surface area contributed by atoms with Gasteiger partial charge in [0.15, 0.2) is 0 Å². The van der Waals surface area contributed by atoms with Gasteiger partial charge >= 0.3 is 11.8 Å². The zero-order chi connectivity index (χ0) is 18.4. The van der Waals surface area contributed by atoms with Crippen LogP contribution in [0.3, 0.4) is 0 Å². The van der Waals surface area contributed by atoms with Gasteiger partial charge in [0.1, 0.15) is 0 Å². The van der Waals surface area contributed by atoms with Crippen LogP contribution < -0.4 is 10.2 Å². The Labute approximate surface area is 154 Å². The van der Waals surface area contributed by atoms with Gasteiger partial charge in [0.05, 0.1) is 13.2 Å². The number of rotatable bonds is 4. The molecule has 0 radical (unpaired) electrons. The summed E-state index contributed by atoms with van der Waals surface area (Å²) in [5.74, 6) is -0.918. The first-order valence-corrected chi connectivity index (χ1v) is 9.32. The van der Waals surface area contributed by atoms with Gasteiger partial charge in [-0.1, -0.05) is 12.1 Å². The molecule has 2 heterocycles. The number of aryl methyl sites for hydroxylation is 1. The van der Waals surface area contributed by atoms with Crippen molar-refractivity contribution in [1.29, 1.82) is 0 Å². The number of benzene rings is 1. The van der Waals surface area contributed by atoms with E-state index in [1.54, 1.807) is 4.90 Å². The Morgan fingerprint density at radius 3 is 2.50 bits per heavy atom. The number of carbonyl (C=O) groups is 2. The lowest BCUT2D eigenvalue weighted by Gasteiger charge is -2.36. The summed E-state index contributed by atoms with van der Waals surface area (Å²) in [6, 6.07) is 8.35. The van der Waals surface area contributed by atoms with Gasteiger partial charge in [0, 0.05) is 58.0 Å². The summed E-state index contributed by atoms with van der Waals surface area (Å²) >= 11 is 0. The number of morpholine rings is 1. The number of nitrogens with one attached hydrogen (secondary N) is 1. The largest absolute Gasteiger partial charge is 0.379 e. The maximum absolute atomic E-state index is 12.3. The smallest absolute Gasteiger partial charge is 0.312 e. The van der Waals surface area contributed by atoms with Crippen LogP contribution in [0.1, 0.15) is 5.56 Å². The molecule has 2 aliphatic rings. The average Bonchev–Trinajstić information content (AvgIpc) is 2.68. The summed E-state index contributed by atoms with van der Waals surface area (Å²) < 4.78 is 5.30. The minimum atomic E-state index is -0.498. The lowest BCUT2D eigenvalue weighted by Crippen LogP contribution is -2.53. The number of piperazine rings is 1. The summed E-state index contributed by atoms with van der Waals surface area (Å²) in [5, 5.41) is 2.75. The third-order valence-electron chi connectivity index (χ3n) is 4.95. The maximum atomic E-state index is 12.3. The van der Waals surface area contributed by atoms with E-state index >= 15 is 0 Å². The molecule has 2 amide bonds. The highest BCUT2D eigenvalue weighted by atomic mass is 16.5. The van der Waals surface area contributed by atoms with Crippen LogP contribution in [0.5, 0.6) is 0 Å². The van der Waals surface area contributed by atoms with Crippen molar-refractivity contribution in [2.45, 2.75) is 6.92 Å². The van der Waals surface area contributed by atoms with E-state index in [0.717, 1.165) is 45.9 Å². The monoisotopic (exact) mass is 360 g/mol. The van der Waals surface area contributed by atoms with E-state index in [0.29, 0.717) is 19.6 Å². The summed E-state index contributed by atoms with van der Waals surface area (Å²) in [6.07, 6.45) is 0. The second-order valence-corrected chi connectivity index (χ2v) is 6.83. The second-order valence-electron chi connectivity index (χ2n) is 6.83. The topological polar surface area (TPSA) is 65.1 Å². The number of carbonyl (C=O) groups excluding carboxylic acids is 2. The van der Waals surface area contributed by atoms with Gasteiger partial charge in [-0.05, 0) is 24.6 Å². The quantitative estimate of drug-likeness (QED) is 0.771. The molecule has 2 aliphatic heterocycles. The highest BCUT2D eigenvalue weighted by Crippen LogP contribution is 2.17. The lowest BCUT2D eigenvalue weighted by atomic mass is 10.2. The van der Waals surface area contributed by atoms with E-state index in [2.05, 4.69) is 40.2 Å². The van der Waals surface area contributed by atoms with E-state index < -0.39 is 11.8 Å². The standard InChI is InChI=1S/C19H28N4O3/c1-16-3-2-4-17(15-16)22-7-9-23(10-8-22)19(25)18(24)20-5-6-21-11-13-26-14-12-21/h2-4,15H,5-14H2,1H3,(H,20,24). The fourth-order valence-electron chi connectivity index (χ4n) is 3.36. The van der Waals surface area contributed by atoms with Crippen molar-refractivity contribution < 1.29 is 14.3 Å². The normalized spacial score (nSPS) is 18.7. The molecule has 7 nitrogen and oxygen atoms in total. The van der Waals surface area contributed by atoms with E-state index in [1.165, 1.54) is 11.3 Å². The predicted molar refractivity (Wildman–Crippen MR) is 100 cm³/mol. The van der Waals surface area contributed by atoms with Crippen LogP contribution in [-0.4, -0.2) is 87.2 Å². The fraction of sp³-hybridized carbons (Fsp3) is 0.579. The molecule has 2 saturated heterocycles. The highest BCUT2D eigenvalue weighted by molar-refractivity contribution is 6.35. The van der Waals surface area contributed by atoms with Gasteiger partial charge in [-0.15, -0.1) is 0 Å². The van der Waals surface area contributed by atoms with Crippen molar-refractivity contribution in [1.82, 2.24) is 15.1 Å². The first kappa shape index (κ1) is 18.7. The van der Waals surface area contributed by atoms with Crippen LogP contribution in [0.4, 0.5) is 5.69 Å². The summed E-state index contributed by atoms with van der Waals surface area (Å²) in [7, 11) is 0. The molecule has 1 N–H and O–H groups in total. The molecule has 0 aliphatic carbocycles.